The Kier molecular flexibility index (Phi) is 6.66. The van der Waals surface area contributed by atoms with Crippen LogP contribution in [0.3, 0.4) is 0 Å². The molecule has 1 N–H and O–H groups in total. The highest BCUT2D eigenvalue weighted by Crippen LogP contribution is 2.28. The van der Waals surface area contributed by atoms with Crippen molar-refractivity contribution in [2.45, 2.75) is 31.7 Å². The lowest BCUT2D eigenvalue weighted by molar-refractivity contribution is 0.125. The maximum Gasteiger partial charge on any atom is 0.0589 e. The minimum Gasteiger partial charge on any atom is -0.383 e. The topological polar surface area (TPSA) is 24.5 Å². The fourth-order valence-corrected chi connectivity index (χ4v) is 2.47. The van der Waals surface area contributed by atoms with Gasteiger partial charge in [-0.3, -0.25) is 4.90 Å². The fraction of sp³-hybridized carbons (Fsp3) is 1.00. The molecule has 0 aromatic rings. The van der Waals surface area contributed by atoms with E-state index in [-0.39, 0.29) is 12.4 Å². The molecule has 2 fully saturated rings. The third-order valence-electron chi connectivity index (χ3n) is 3.60. The molecule has 2 rings (SSSR count). The molecule has 0 aromatic heterocycles. The lowest BCUT2D eigenvalue weighted by Crippen LogP contribution is -2.38. The maximum absolute atomic E-state index is 5.19. The zero-order valence-electron chi connectivity index (χ0n) is 10.3. The molecule has 0 unspecified atom stereocenters. The monoisotopic (exact) mass is 248 g/mol. The summed E-state index contributed by atoms with van der Waals surface area (Å²) in [5.41, 5.74) is 0. The van der Waals surface area contributed by atoms with Gasteiger partial charge in [-0.1, -0.05) is 0 Å². The van der Waals surface area contributed by atoms with Crippen LogP contribution in [0.5, 0.6) is 0 Å². The third kappa shape index (κ3) is 4.58. The SMILES string of the molecule is COCCN(CC1CCNCC1)C1CC1.Cl. The first kappa shape index (κ1) is 14.2. The molecule has 0 atom stereocenters. The summed E-state index contributed by atoms with van der Waals surface area (Å²) in [5.74, 6) is 0.920. The molecule has 2 aliphatic rings. The number of piperidine rings is 1. The van der Waals surface area contributed by atoms with Crippen molar-refractivity contribution in [2.75, 3.05) is 39.9 Å². The highest BCUT2D eigenvalue weighted by molar-refractivity contribution is 5.85. The van der Waals surface area contributed by atoms with E-state index in [1.54, 1.807) is 7.11 Å². The van der Waals surface area contributed by atoms with E-state index < -0.39 is 0 Å². The van der Waals surface area contributed by atoms with Gasteiger partial charge in [0.15, 0.2) is 0 Å². The van der Waals surface area contributed by atoms with Gasteiger partial charge >= 0.3 is 0 Å². The highest BCUT2D eigenvalue weighted by atomic mass is 35.5. The van der Waals surface area contributed by atoms with Gasteiger partial charge in [0.05, 0.1) is 6.61 Å². The second kappa shape index (κ2) is 7.49. The minimum atomic E-state index is 0. The second-order valence-corrected chi connectivity index (χ2v) is 4.91. The average Bonchev–Trinajstić information content (AvgIpc) is 3.09. The zero-order valence-corrected chi connectivity index (χ0v) is 11.1. The van der Waals surface area contributed by atoms with Gasteiger partial charge in [0.2, 0.25) is 0 Å². The van der Waals surface area contributed by atoms with Crippen molar-refractivity contribution in [3.8, 4) is 0 Å². The van der Waals surface area contributed by atoms with Crippen LogP contribution in [0.1, 0.15) is 25.7 Å². The summed E-state index contributed by atoms with van der Waals surface area (Å²) in [6.07, 6.45) is 5.54. The summed E-state index contributed by atoms with van der Waals surface area (Å²) in [6, 6.07) is 0.884. The summed E-state index contributed by atoms with van der Waals surface area (Å²) in [5, 5.41) is 3.43. The van der Waals surface area contributed by atoms with E-state index in [9.17, 15) is 0 Å². The molecule has 1 saturated heterocycles. The molecule has 0 spiro atoms. The molecule has 1 aliphatic carbocycles. The quantitative estimate of drug-likeness (QED) is 0.772. The molecular formula is C12H25ClN2O. The minimum absolute atomic E-state index is 0. The molecule has 0 radical (unpaired) electrons. The molecule has 0 amide bonds. The Morgan fingerprint density at radius 3 is 2.44 bits per heavy atom. The Balaban J connectivity index is 0.00000128. The molecule has 4 heteroatoms. The Hall–Kier alpha value is 0.170. The summed E-state index contributed by atoms with van der Waals surface area (Å²) >= 11 is 0. The lowest BCUT2D eigenvalue weighted by Gasteiger charge is -2.30. The zero-order chi connectivity index (χ0) is 10.5. The van der Waals surface area contributed by atoms with Gasteiger partial charge in [-0.05, 0) is 44.7 Å². The first-order valence-corrected chi connectivity index (χ1v) is 6.34. The molecule has 1 heterocycles. The van der Waals surface area contributed by atoms with Gasteiger partial charge in [0.25, 0.3) is 0 Å². The van der Waals surface area contributed by atoms with Crippen LogP contribution in [-0.2, 0) is 4.74 Å². The van der Waals surface area contributed by atoms with Gasteiger partial charge in [0, 0.05) is 26.2 Å². The summed E-state index contributed by atoms with van der Waals surface area (Å²) in [6.45, 7) is 5.75. The maximum atomic E-state index is 5.19. The third-order valence-corrected chi connectivity index (χ3v) is 3.60. The second-order valence-electron chi connectivity index (χ2n) is 4.91. The van der Waals surface area contributed by atoms with Crippen molar-refractivity contribution in [2.24, 2.45) is 5.92 Å². The predicted octanol–water partition coefficient (Wildman–Crippen LogP) is 1.52. The number of nitrogens with one attached hydrogen (secondary N) is 1. The molecule has 0 aromatic carbocycles. The normalized spacial score (nSPS) is 22.1. The van der Waals surface area contributed by atoms with E-state index in [1.807, 2.05) is 0 Å². The number of hydrogen-bond acceptors (Lipinski definition) is 3. The van der Waals surface area contributed by atoms with E-state index in [0.29, 0.717) is 0 Å². The van der Waals surface area contributed by atoms with Crippen LogP contribution in [0.4, 0.5) is 0 Å². The standard InChI is InChI=1S/C12H24N2O.ClH/c1-15-9-8-14(12-2-3-12)10-11-4-6-13-7-5-11;/h11-13H,2-10H2,1H3;1H. The smallest absolute Gasteiger partial charge is 0.0589 e. The summed E-state index contributed by atoms with van der Waals surface area (Å²) in [4.78, 5) is 2.65. The van der Waals surface area contributed by atoms with Crippen molar-refractivity contribution in [1.29, 1.82) is 0 Å². The van der Waals surface area contributed by atoms with Crippen LogP contribution >= 0.6 is 12.4 Å². The number of ether oxygens (including phenoxy) is 1. The van der Waals surface area contributed by atoms with E-state index >= 15 is 0 Å². The van der Waals surface area contributed by atoms with Gasteiger partial charge in [-0.25, -0.2) is 0 Å². The summed E-state index contributed by atoms with van der Waals surface area (Å²) < 4.78 is 5.19. The van der Waals surface area contributed by atoms with E-state index in [1.165, 1.54) is 45.3 Å². The molecule has 96 valence electrons. The first-order chi connectivity index (χ1) is 7.40. The van der Waals surface area contributed by atoms with Crippen molar-refractivity contribution < 1.29 is 4.74 Å². The number of nitrogens with zero attached hydrogens (tertiary/aromatic N) is 1. The largest absolute Gasteiger partial charge is 0.383 e. The number of methoxy groups -OCH3 is 1. The van der Waals surface area contributed by atoms with Crippen LogP contribution in [0.2, 0.25) is 0 Å². The van der Waals surface area contributed by atoms with Gasteiger partial charge in [-0.15, -0.1) is 12.4 Å². The first-order valence-electron chi connectivity index (χ1n) is 6.34. The van der Waals surface area contributed by atoms with Gasteiger partial charge < -0.3 is 10.1 Å². The van der Waals surface area contributed by atoms with Crippen molar-refractivity contribution in [1.82, 2.24) is 10.2 Å². The molecule has 0 bridgehead atoms. The van der Waals surface area contributed by atoms with Crippen LogP contribution in [0.15, 0.2) is 0 Å². The van der Waals surface area contributed by atoms with E-state index in [0.717, 1.165) is 25.1 Å². The van der Waals surface area contributed by atoms with Crippen molar-refractivity contribution in [3.63, 3.8) is 0 Å². The Morgan fingerprint density at radius 2 is 1.88 bits per heavy atom. The number of hydrogen-bond donors (Lipinski definition) is 1. The van der Waals surface area contributed by atoms with Crippen LogP contribution in [0.25, 0.3) is 0 Å². The Morgan fingerprint density at radius 1 is 1.19 bits per heavy atom. The molecule has 3 nitrogen and oxygen atoms in total. The Labute approximate surface area is 105 Å². The van der Waals surface area contributed by atoms with Crippen LogP contribution in [-0.4, -0.2) is 50.8 Å². The Bertz CT molecular complexity index is 182. The van der Waals surface area contributed by atoms with Crippen molar-refractivity contribution >= 4 is 12.4 Å². The van der Waals surface area contributed by atoms with Gasteiger partial charge in [-0.2, -0.15) is 0 Å². The highest BCUT2D eigenvalue weighted by Gasteiger charge is 2.30. The van der Waals surface area contributed by atoms with Crippen LogP contribution in [0, 0.1) is 5.92 Å². The van der Waals surface area contributed by atoms with E-state index in [2.05, 4.69) is 10.2 Å². The average molecular weight is 249 g/mol. The van der Waals surface area contributed by atoms with Crippen molar-refractivity contribution in [3.05, 3.63) is 0 Å². The van der Waals surface area contributed by atoms with Crippen LogP contribution < -0.4 is 5.32 Å². The predicted molar refractivity (Wildman–Crippen MR) is 69.3 cm³/mol. The molecule has 16 heavy (non-hydrogen) atoms. The summed E-state index contributed by atoms with van der Waals surface area (Å²) in [7, 11) is 1.80. The molecule has 1 aliphatic heterocycles. The van der Waals surface area contributed by atoms with E-state index in [4.69, 9.17) is 4.74 Å². The lowest BCUT2D eigenvalue weighted by atomic mass is 9.97. The fourth-order valence-electron chi connectivity index (χ4n) is 2.47. The number of rotatable bonds is 6. The van der Waals surface area contributed by atoms with Gasteiger partial charge in [0.1, 0.15) is 0 Å². The molecule has 1 saturated carbocycles. The number of halogens is 1. The molecular weight excluding hydrogens is 224 g/mol.